The minimum atomic E-state index is 0.480. The number of nitrogens with one attached hydrogen (secondary N) is 1. The van der Waals surface area contributed by atoms with E-state index in [4.69, 9.17) is 10.5 Å². The Morgan fingerprint density at radius 2 is 2.05 bits per heavy atom. The van der Waals surface area contributed by atoms with Gasteiger partial charge in [-0.15, -0.1) is 0 Å². The number of fused-ring (bicyclic) bond motifs is 1. The van der Waals surface area contributed by atoms with Gasteiger partial charge in [0.25, 0.3) is 0 Å². The van der Waals surface area contributed by atoms with Crippen LogP contribution in [0.4, 0.5) is 11.4 Å². The lowest BCUT2D eigenvalue weighted by atomic mass is 9.93. The van der Waals surface area contributed by atoms with Gasteiger partial charge in [0.1, 0.15) is 5.75 Å². The maximum absolute atomic E-state index is 6.02. The molecule has 110 valence electrons. The number of methoxy groups -OCH3 is 1. The van der Waals surface area contributed by atoms with Gasteiger partial charge in [0, 0.05) is 11.7 Å². The highest BCUT2D eigenvalue weighted by molar-refractivity contribution is 5.64. The molecule has 2 aromatic rings. The van der Waals surface area contributed by atoms with Crippen molar-refractivity contribution in [2.75, 3.05) is 18.2 Å². The molecule has 3 N–H and O–H groups in total. The van der Waals surface area contributed by atoms with Crippen molar-refractivity contribution >= 4 is 11.4 Å². The summed E-state index contributed by atoms with van der Waals surface area (Å²) in [5, 5.41) is 3.64. The average Bonchev–Trinajstić information content (AvgIpc) is 2.53. The molecule has 3 heteroatoms. The number of rotatable bonds is 4. The fourth-order valence-electron chi connectivity index (χ4n) is 3.03. The van der Waals surface area contributed by atoms with E-state index >= 15 is 0 Å². The van der Waals surface area contributed by atoms with Gasteiger partial charge in [0.2, 0.25) is 0 Å². The summed E-state index contributed by atoms with van der Waals surface area (Å²) in [6, 6.07) is 14.9. The lowest BCUT2D eigenvalue weighted by Crippen LogP contribution is -2.26. The molecule has 2 aromatic carbocycles. The molecule has 1 aliphatic rings. The Hall–Kier alpha value is -2.16. The molecule has 1 atom stereocenters. The van der Waals surface area contributed by atoms with Crippen LogP contribution < -0.4 is 15.8 Å². The van der Waals surface area contributed by atoms with Crippen molar-refractivity contribution in [2.24, 2.45) is 0 Å². The molecule has 0 bridgehead atoms. The van der Waals surface area contributed by atoms with E-state index in [2.05, 4.69) is 29.6 Å². The number of hydrogen-bond donors (Lipinski definition) is 2. The quantitative estimate of drug-likeness (QED) is 0.842. The zero-order valence-corrected chi connectivity index (χ0v) is 12.4. The Morgan fingerprint density at radius 3 is 2.86 bits per heavy atom. The first-order chi connectivity index (χ1) is 10.3. The van der Waals surface area contributed by atoms with Gasteiger partial charge in [0.05, 0.1) is 12.8 Å². The van der Waals surface area contributed by atoms with Crippen molar-refractivity contribution in [1.29, 1.82) is 0 Å². The fraction of sp³-hybridized carbons (Fsp3) is 0.333. The van der Waals surface area contributed by atoms with Crippen LogP contribution in [0, 0.1) is 0 Å². The number of benzene rings is 2. The van der Waals surface area contributed by atoms with Gasteiger partial charge in [-0.25, -0.2) is 0 Å². The van der Waals surface area contributed by atoms with Gasteiger partial charge in [-0.3, -0.25) is 0 Å². The standard InChI is InChI=1S/C18H22N2O/c1-21-17-8-4-6-14-10-12-15(20-18(14)17)11-9-13-5-2-3-7-16(13)19/h2-8,15,20H,9-12,19H2,1H3/t15-/m1/s1. The highest BCUT2D eigenvalue weighted by atomic mass is 16.5. The molecule has 21 heavy (non-hydrogen) atoms. The highest BCUT2D eigenvalue weighted by Gasteiger charge is 2.20. The number of hydrogen-bond acceptors (Lipinski definition) is 3. The molecule has 0 radical (unpaired) electrons. The lowest BCUT2D eigenvalue weighted by molar-refractivity contribution is 0.413. The summed E-state index contributed by atoms with van der Waals surface area (Å²) in [7, 11) is 1.73. The number of para-hydroxylation sites is 2. The Kier molecular flexibility index (Phi) is 4.00. The second-order valence-electron chi connectivity index (χ2n) is 5.61. The van der Waals surface area contributed by atoms with E-state index < -0.39 is 0 Å². The van der Waals surface area contributed by atoms with Crippen LogP contribution in [0.2, 0.25) is 0 Å². The van der Waals surface area contributed by atoms with Gasteiger partial charge in [0.15, 0.2) is 0 Å². The fourth-order valence-corrected chi connectivity index (χ4v) is 3.03. The maximum atomic E-state index is 6.02. The molecule has 0 aromatic heterocycles. The van der Waals surface area contributed by atoms with Crippen LogP contribution in [0.25, 0.3) is 0 Å². The zero-order valence-electron chi connectivity index (χ0n) is 12.4. The predicted octanol–water partition coefficient (Wildman–Crippen LogP) is 3.64. The van der Waals surface area contributed by atoms with Crippen LogP contribution in [0.5, 0.6) is 5.75 Å². The summed E-state index contributed by atoms with van der Waals surface area (Å²) in [6.45, 7) is 0. The molecule has 0 aliphatic carbocycles. The van der Waals surface area contributed by atoms with E-state index in [0.29, 0.717) is 6.04 Å². The topological polar surface area (TPSA) is 47.3 Å². The minimum absolute atomic E-state index is 0.480. The minimum Gasteiger partial charge on any atom is -0.495 e. The van der Waals surface area contributed by atoms with Crippen LogP contribution >= 0.6 is 0 Å². The van der Waals surface area contributed by atoms with E-state index in [0.717, 1.165) is 42.8 Å². The van der Waals surface area contributed by atoms with Crippen LogP contribution in [0.1, 0.15) is 24.0 Å². The molecule has 0 saturated heterocycles. The van der Waals surface area contributed by atoms with Crippen molar-refractivity contribution in [3.63, 3.8) is 0 Å². The molecule has 1 heterocycles. The van der Waals surface area contributed by atoms with Crippen LogP contribution in [-0.2, 0) is 12.8 Å². The molecule has 3 rings (SSSR count). The van der Waals surface area contributed by atoms with Gasteiger partial charge < -0.3 is 15.8 Å². The second kappa shape index (κ2) is 6.08. The summed E-state index contributed by atoms with van der Waals surface area (Å²) < 4.78 is 5.46. The normalized spacial score (nSPS) is 16.9. The van der Waals surface area contributed by atoms with Crippen molar-refractivity contribution in [3.05, 3.63) is 53.6 Å². The molecule has 0 saturated carbocycles. The summed E-state index contributed by atoms with van der Waals surface area (Å²) in [5.74, 6) is 0.941. The summed E-state index contributed by atoms with van der Waals surface area (Å²) in [5.41, 5.74) is 10.7. The van der Waals surface area contributed by atoms with Crippen LogP contribution in [0.15, 0.2) is 42.5 Å². The SMILES string of the molecule is COc1cccc2c1N[C@H](CCc1ccccc1N)CC2. The van der Waals surface area contributed by atoms with Gasteiger partial charge in [-0.2, -0.15) is 0 Å². The largest absolute Gasteiger partial charge is 0.495 e. The molecule has 0 unspecified atom stereocenters. The first-order valence-corrected chi connectivity index (χ1v) is 7.53. The van der Waals surface area contributed by atoms with Crippen molar-refractivity contribution < 1.29 is 4.74 Å². The number of nitrogens with two attached hydrogens (primary N) is 1. The summed E-state index contributed by atoms with van der Waals surface area (Å²) >= 11 is 0. The van der Waals surface area contributed by atoms with Crippen LogP contribution in [-0.4, -0.2) is 13.2 Å². The zero-order chi connectivity index (χ0) is 14.7. The molecular weight excluding hydrogens is 260 g/mol. The summed E-state index contributed by atoms with van der Waals surface area (Å²) in [6.07, 6.45) is 4.36. The van der Waals surface area contributed by atoms with E-state index in [1.54, 1.807) is 7.11 Å². The van der Waals surface area contributed by atoms with Gasteiger partial charge in [-0.05, 0) is 48.9 Å². The third-order valence-electron chi connectivity index (χ3n) is 4.26. The molecule has 0 fully saturated rings. The number of aryl methyl sites for hydroxylation is 2. The average molecular weight is 282 g/mol. The predicted molar refractivity (Wildman–Crippen MR) is 87.9 cm³/mol. The Morgan fingerprint density at radius 1 is 1.19 bits per heavy atom. The smallest absolute Gasteiger partial charge is 0.142 e. The summed E-state index contributed by atoms with van der Waals surface area (Å²) in [4.78, 5) is 0. The van der Waals surface area contributed by atoms with E-state index in [9.17, 15) is 0 Å². The molecule has 0 spiro atoms. The number of ether oxygens (including phenoxy) is 1. The Balaban J connectivity index is 1.68. The second-order valence-corrected chi connectivity index (χ2v) is 5.61. The van der Waals surface area contributed by atoms with Crippen molar-refractivity contribution in [3.8, 4) is 5.75 Å². The van der Waals surface area contributed by atoms with Gasteiger partial charge >= 0.3 is 0 Å². The highest BCUT2D eigenvalue weighted by Crippen LogP contribution is 2.34. The van der Waals surface area contributed by atoms with Crippen molar-refractivity contribution in [2.45, 2.75) is 31.7 Å². The van der Waals surface area contributed by atoms with E-state index in [1.165, 1.54) is 11.1 Å². The third-order valence-corrected chi connectivity index (χ3v) is 4.26. The number of anilines is 2. The molecular formula is C18H22N2O. The Labute approximate surface area is 126 Å². The third kappa shape index (κ3) is 2.97. The van der Waals surface area contributed by atoms with E-state index in [-0.39, 0.29) is 0 Å². The Bertz CT molecular complexity index is 610. The van der Waals surface area contributed by atoms with Crippen molar-refractivity contribution in [1.82, 2.24) is 0 Å². The van der Waals surface area contributed by atoms with Crippen LogP contribution in [0.3, 0.4) is 0 Å². The first-order valence-electron chi connectivity index (χ1n) is 7.53. The lowest BCUT2D eigenvalue weighted by Gasteiger charge is -2.28. The molecule has 3 nitrogen and oxygen atoms in total. The number of nitrogen functional groups attached to an aromatic ring is 1. The molecule has 0 amide bonds. The van der Waals surface area contributed by atoms with E-state index in [1.807, 2.05) is 18.2 Å². The van der Waals surface area contributed by atoms with Gasteiger partial charge in [-0.1, -0.05) is 30.3 Å². The first kappa shape index (κ1) is 13.8. The molecule has 1 aliphatic heterocycles. The monoisotopic (exact) mass is 282 g/mol. The maximum Gasteiger partial charge on any atom is 0.142 e.